The fourth-order valence-corrected chi connectivity index (χ4v) is 1.88. The molecule has 0 aliphatic rings. The molecule has 3 nitrogen and oxygen atoms in total. The molecule has 1 heterocycles. The summed E-state index contributed by atoms with van der Waals surface area (Å²) >= 11 is 3.36. The second kappa shape index (κ2) is 5.78. The number of hydrogen-bond donors (Lipinski definition) is 0. The molecular formula is C14H12BrNO2. The first-order valence-corrected chi connectivity index (χ1v) is 6.29. The van der Waals surface area contributed by atoms with Crippen LogP contribution < -0.4 is 4.74 Å². The third-order valence-electron chi connectivity index (χ3n) is 2.42. The fraction of sp³-hybridized carbons (Fsp3) is 0.143. The molecule has 0 aliphatic carbocycles. The number of benzene rings is 1. The smallest absolute Gasteiger partial charge is 0.163 e. The second-order valence-electron chi connectivity index (χ2n) is 3.81. The molecule has 18 heavy (non-hydrogen) atoms. The molecule has 0 N–H and O–H groups in total. The summed E-state index contributed by atoms with van der Waals surface area (Å²) in [5, 5.41) is 0. The molecule has 0 unspecified atom stereocenters. The van der Waals surface area contributed by atoms with Gasteiger partial charge in [0.1, 0.15) is 12.4 Å². The topological polar surface area (TPSA) is 39.2 Å². The van der Waals surface area contributed by atoms with Gasteiger partial charge in [-0.1, -0.05) is 22.0 Å². The third kappa shape index (κ3) is 3.17. The average molecular weight is 306 g/mol. The molecule has 0 fully saturated rings. The minimum absolute atomic E-state index is 0.0153. The number of pyridine rings is 1. The molecule has 4 heteroatoms. The molecule has 2 aromatic rings. The molecule has 0 saturated heterocycles. The van der Waals surface area contributed by atoms with Crippen LogP contribution in [0.4, 0.5) is 0 Å². The maximum absolute atomic E-state index is 11.5. The molecule has 0 bridgehead atoms. The van der Waals surface area contributed by atoms with Gasteiger partial charge in [-0.2, -0.15) is 0 Å². The molecule has 0 atom stereocenters. The van der Waals surface area contributed by atoms with E-state index in [0.29, 0.717) is 17.9 Å². The van der Waals surface area contributed by atoms with E-state index in [-0.39, 0.29) is 5.78 Å². The molecule has 0 amide bonds. The Morgan fingerprint density at radius 3 is 2.83 bits per heavy atom. The standard InChI is InChI=1S/C14H12BrNO2/c1-10(17)13-6-5-11(15)8-14(13)18-9-12-4-2-3-7-16-12/h2-8H,9H2,1H3. The lowest BCUT2D eigenvalue weighted by Gasteiger charge is -2.09. The molecule has 0 aliphatic heterocycles. The molecule has 0 spiro atoms. The Balaban J connectivity index is 2.18. The van der Waals surface area contributed by atoms with Gasteiger partial charge in [0.25, 0.3) is 0 Å². The largest absolute Gasteiger partial charge is 0.486 e. The van der Waals surface area contributed by atoms with Crippen molar-refractivity contribution in [3.63, 3.8) is 0 Å². The van der Waals surface area contributed by atoms with Crippen molar-refractivity contribution in [3.8, 4) is 5.75 Å². The van der Waals surface area contributed by atoms with Crippen LogP contribution in [0, 0.1) is 0 Å². The molecular weight excluding hydrogens is 294 g/mol. The van der Waals surface area contributed by atoms with Crippen molar-refractivity contribution in [2.45, 2.75) is 13.5 Å². The molecule has 1 aromatic heterocycles. The molecule has 1 aromatic carbocycles. The van der Waals surface area contributed by atoms with Crippen molar-refractivity contribution in [1.29, 1.82) is 0 Å². The normalized spacial score (nSPS) is 10.1. The van der Waals surface area contributed by atoms with Crippen molar-refractivity contribution in [1.82, 2.24) is 4.98 Å². The Morgan fingerprint density at radius 1 is 1.33 bits per heavy atom. The number of Topliss-reactive ketones (excluding diaryl/α,β-unsaturated/α-hetero) is 1. The van der Waals surface area contributed by atoms with Crippen molar-refractivity contribution in [2.24, 2.45) is 0 Å². The van der Waals surface area contributed by atoms with Crippen LogP contribution in [-0.4, -0.2) is 10.8 Å². The number of nitrogens with zero attached hydrogens (tertiary/aromatic N) is 1. The van der Waals surface area contributed by atoms with E-state index < -0.39 is 0 Å². The Hall–Kier alpha value is -1.68. The van der Waals surface area contributed by atoms with Gasteiger partial charge in [0, 0.05) is 10.7 Å². The SMILES string of the molecule is CC(=O)c1ccc(Br)cc1OCc1ccccn1. The highest BCUT2D eigenvalue weighted by atomic mass is 79.9. The highest BCUT2D eigenvalue weighted by Gasteiger charge is 2.09. The van der Waals surface area contributed by atoms with E-state index in [1.807, 2.05) is 24.3 Å². The first-order chi connectivity index (χ1) is 8.66. The molecule has 0 saturated carbocycles. The lowest BCUT2D eigenvalue weighted by molar-refractivity contribution is 0.101. The maximum atomic E-state index is 11.5. The predicted molar refractivity (Wildman–Crippen MR) is 72.7 cm³/mol. The summed E-state index contributed by atoms with van der Waals surface area (Å²) in [4.78, 5) is 15.6. The minimum Gasteiger partial charge on any atom is -0.486 e. The fourth-order valence-electron chi connectivity index (χ4n) is 1.54. The van der Waals surface area contributed by atoms with Gasteiger partial charge >= 0.3 is 0 Å². The summed E-state index contributed by atoms with van der Waals surface area (Å²) in [6.45, 7) is 1.87. The Kier molecular flexibility index (Phi) is 4.10. The number of carbonyl (C=O) groups excluding carboxylic acids is 1. The quantitative estimate of drug-likeness (QED) is 0.810. The Bertz CT molecular complexity index is 555. The lowest BCUT2D eigenvalue weighted by Crippen LogP contribution is -2.02. The van der Waals surface area contributed by atoms with Crippen LogP contribution in [0.1, 0.15) is 23.0 Å². The summed E-state index contributed by atoms with van der Waals surface area (Å²) < 4.78 is 6.53. The van der Waals surface area contributed by atoms with Gasteiger partial charge in [0.15, 0.2) is 5.78 Å². The predicted octanol–water partition coefficient (Wildman–Crippen LogP) is 3.63. The van der Waals surface area contributed by atoms with Gasteiger partial charge in [0.2, 0.25) is 0 Å². The summed E-state index contributed by atoms with van der Waals surface area (Å²) in [6.07, 6.45) is 1.71. The highest BCUT2D eigenvalue weighted by molar-refractivity contribution is 9.10. The van der Waals surface area contributed by atoms with E-state index in [1.54, 1.807) is 18.3 Å². The van der Waals surface area contributed by atoms with Crippen LogP contribution in [0.15, 0.2) is 47.1 Å². The third-order valence-corrected chi connectivity index (χ3v) is 2.92. The summed E-state index contributed by atoms with van der Waals surface area (Å²) in [7, 11) is 0. The number of rotatable bonds is 4. The van der Waals surface area contributed by atoms with E-state index in [1.165, 1.54) is 6.92 Å². The van der Waals surface area contributed by atoms with E-state index in [4.69, 9.17) is 4.74 Å². The summed E-state index contributed by atoms with van der Waals surface area (Å²) in [6, 6.07) is 11.0. The van der Waals surface area contributed by atoms with Crippen LogP contribution in [0.3, 0.4) is 0 Å². The molecule has 92 valence electrons. The van der Waals surface area contributed by atoms with Gasteiger partial charge in [-0.15, -0.1) is 0 Å². The van der Waals surface area contributed by atoms with Crippen LogP contribution in [0.5, 0.6) is 5.75 Å². The van der Waals surface area contributed by atoms with Gasteiger partial charge in [-0.25, -0.2) is 0 Å². The summed E-state index contributed by atoms with van der Waals surface area (Å²) in [5.41, 5.74) is 1.40. The van der Waals surface area contributed by atoms with Crippen LogP contribution in [-0.2, 0) is 6.61 Å². The van der Waals surface area contributed by atoms with Crippen LogP contribution in [0.25, 0.3) is 0 Å². The average Bonchev–Trinajstić information content (AvgIpc) is 2.37. The van der Waals surface area contributed by atoms with E-state index in [0.717, 1.165) is 10.2 Å². The number of ketones is 1. The minimum atomic E-state index is -0.0153. The van der Waals surface area contributed by atoms with Crippen LogP contribution in [0.2, 0.25) is 0 Å². The first kappa shape index (κ1) is 12.8. The van der Waals surface area contributed by atoms with Crippen LogP contribution >= 0.6 is 15.9 Å². The monoisotopic (exact) mass is 305 g/mol. The zero-order chi connectivity index (χ0) is 13.0. The van der Waals surface area contributed by atoms with Gasteiger partial charge in [0.05, 0.1) is 11.3 Å². The van der Waals surface area contributed by atoms with Crippen molar-refractivity contribution < 1.29 is 9.53 Å². The van der Waals surface area contributed by atoms with Crippen molar-refractivity contribution in [3.05, 3.63) is 58.3 Å². The zero-order valence-corrected chi connectivity index (χ0v) is 11.5. The van der Waals surface area contributed by atoms with Gasteiger partial charge in [-0.3, -0.25) is 9.78 Å². The van der Waals surface area contributed by atoms with E-state index >= 15 is 0 Å². The number of hydrogen-bond acceptors (Lipinski definition) is 3. The Labute approximate surface area is 114 Å². The summed E-state index contributed by atoms with van der Waals surface area (Å²) in [5.74, 6) is 0.557. The van der Waals surface area contributed by atoms with Gasteiger partial charge in [-0.05, 0) is 37.3 Å². The van der Waals surface area contributed by atoms with E-state index in [2.05, 4.69) is 20.9 Å². The number of ether oxygens (including phenoxy) is 1. The number of carbonyl (C=O) groups is 1. The number of halogens is 1. The molecule has 2 rings (SSSR count). The maximum Gasteiger partial charge on any atom is 0.163 e. The Morgan fingerprint density at radius 2 is 2.17 bits per heavy atom. The zero-order valence-electron chi connectivity index (χ0n) is 9.89. The van der Waals surface area contributed by atoms with Gasteiger partial charge < -0.3 is 4.74 Å². The van der Waals surface area contributed by atoms with Crippen molar-refractivity contribution >= 4 is 21.7 Å². The van der Waals surface area contributed by atoms with Crippen molar-refractivity contribution in [2.75, 3.05) is 0 Å². The number of aromatic nitrogens is 1. The second-order valence-corrected chi connectivity index (χ2v) is 4.72. The van der Waals surface area contributed by atoms with E-state index in [9.17, 15) is 4.79 Å². The lowest BCUT2D eigenvalue weighted by atomic mass is 10.1. The first-order valence-electron chi connectivity index (χ1n) is 5.50. The highest BCUT2D eigenvalue weighted by Crippen LogP contribution is 2.24. The molecule has 0 radical (unpaired) electrons.